The molecule has 0 bridgehead atoms. The number of hydrogen-bond donors (Lipinski definition) is 2. The third-order valence-corrected chi connectivity index (χ3v) is 3.05. The highest BCUT2D eigenvalue weighted by atomic mass is 16.5. The molecule has 0 spiro atoms. The van der Waals surface area contributed by atoms with Gasteiger partial charge in [-0.3, -0.25) is 4.79 Å². The van der Waals surface area contributed by atoms with Crippen molar-refractivity contribution >= 4 is 11.6 Å². The number of primary amides is 1. The van der Waals surface area contributed by atoms with E-state index in [2.05, 4.69) is 12.2 Å². The molecule has 112 valence electrons. The Labute approximate surface area is 124 Å². The molecule has 2 rings (SSSR count). The van der Waals surface area contributed by atoms with Crippen molar-refractivity contribution in [1.82, 2.24) is 0 Å². The number of nitrogens with one attached hydrogen (secondary N) is 1. The first-order valence-corrected chi connectivity index (χ1v) is 6.93. The number of anilines is 1. The Kier molecular flexibility index (Phi) is 5.26. The predicted molar refractivity (Wildman–Crippen MR) is 81.2 cm³/mol. The van der Waals surface area contributed by atoms with Gasteiger partial charge >= 0.3 is 0 Å². The van der Waals surface area contributed by atoms with Crippen LogP contribution in [0.2, 0.25) is 0 Å². The summed E-state index contributed by atoms with van der Waals surface area (Å²) in [6.07, 6.45) is 3.58. The number of benzene rings is 1. The molecule has 0 fully saturated rings. The fraction of sp³-hybridized carbons (Fsp3) is 0.312. The third-order valence-electron chi connectivity index (χ3n) is 3.05. The summed E-state index contributed by atoms with van der Waals surface area (Å²) in [4.78, 5) is 10.6. The van der Waals surface area contributed by atoms with E-state index in [1.54, 1.807) is 6.26 Å². The number of hydrogen-bond acceptors (Lipinski definition) is 4. The number of carbonyl (C=O) groups is 1. The molecule has 1 aromatic heterocycles. The molecule has 5 heteroatoms. The number of rotatable bonds is 8. The van der Waals surface area contributed by atoms with E-state index in [1.165, 1.54) is 0 Å². The van der Waals surface area contributed by atoms with E-state index in [0.29, 0.717) is 11.8 Å². The lowest BCUT2D eigenvalue weighted by atomic mass is 10.1. The largest absolute Gasteiger partial charge is 0.484 e. The molecule has 1 amide bonds. The van der Waals surface area contributed by atoms with Crippen molar-refractivity contribution in [3.8, 4) is 5.75 Å². The zero-order valence-electron chi connectivity index (χ0n) is 12.0. The highest BCUT2D eigenvalue weighted by molar-refractivity contribution is 5.75. The Morgan fingerprint density at radius 3 is 2.71 bits per heavy atom. The van der Waals surface area contributed by atoms with Crippen LogP contribution in [0.15, 0.2) is 47.1 Å². The van der Waals surface area contributed by atoms with Crippen LogP contribution >= 0.6 is 0 Å². The highest BCUT2D eigenvalue weighted by Crippen LogP contribution is 2.17. The Bertz CT molecular complexity index is 549. The van der Waals surface area contributed by atoms with Crippen LogP contribution in [0, 0.1) is 0 Å². The van der Waals surface area contributed by atoms with Crippen molar-refractivity contribution < 1.29 is 13.9 Å². The number of amides is 1. The second-order valence-electron chi connectivity index (χ2n) is 4.94. The Morgan fingerprint density at radius 1 is 1.33 bits per heavy atom. The smallest absolute Gasteiger partial charge is 0.255 e. The summed E-state index contributed by atoms with van der Waals surface area (Å²) < 4.78 is 10.5. The number of aryl methyl sites for hydroxylation is 1. The second kappa shape index (κ2) is 7.38. The summed E-state index contributed by atoms with van der Waals surface area (Å²) >= 11 is 0. The molecular formula is C16H20N2O3. The first-order valence-electron chi connectivity index (χ1n) is 6.93. The average molecular weight is 288 g/mol. The van der Waals surface area contributed by atoms with Gasteiger partial charge in [-0.2, -0.15) is 0 Å². The summed E-state index contributed by atoms with van der Waals surface area (Å²) in [6, 6.07) is 11.7. The Balaban J connectivity index is 1.78. The van der Waals surface area contributed by atoms with Crippen LogP contribution in [0.25, 0.3) is 0 Å². The molecule has 2 aromatic rings. The molecule has 0 saturated carbocycles. The Morgan fingerprint density at radius 2 is 2.10 bits per heavy atom. The zero-order chi connectivity index (χ0) is 15.1. The zero-order valence-corrected chi connectivity index (χ0v) is 12.0. The minimum atomic E-state index is -0.483. The monoisotopic (exact) mass is 288 g/mol. The van der Waals surface area contributed by atoms with E-state index in [-0.39, 0.29) is 6.61 Å². The number of nitrogens with two attached hydrogens (primary N) is 1. The van der Waals surface area contributed by atoms with E-state index >= 15 is 0 Å². The van der Waals surface area contributed by atoms with E-state index in [9.17, 15) is 4.79 Å². The minimum Gasteiger partial charge on any atom is -0.484 e. The van der Waals surface area contributed by atoms with E-state index < -0.39 is 5.91 Å². The lowest BCUT2D eigenvalue weighted by Crippen LogP contribution is -2.20. The summed E-state index contributed by atoms with van der Waals surface area (Å²) in [5, 5.41) is 3.41. The molecule has 0 aliphatic carbocycles. The van der Waals surface area contributed by atoms with Crippen LogP contribution < -0.4 is 15.8 Å². The molecule has 5 nitrogen and oxygen atoms in total. The summed E-state index contributed by atoms with van der Waals surface area (Å²) in [6.45, 7) is 2.02. The molecular weight excluding hydrogens is 268 g/mol. The fourth-order valence-corrected chi connectivity index (χ4v) is 1.97. The maximum Gasteiger partial charge on any atom is 0.255 e. The van der Waals surface area contributed by atoms with Gasteiger partial charge < -0.3 is 20.2 Å². The van der Waals surface area contributed by atoms with Crippen LogP contribution in [0.5, 0.6) is 5.75 Å². The number of ether oxygens (including phenoxy) is 1. The number of carbonyl (C=O) groups excluding carboxylic acids is 1. The van der Waals surface area contributed by atoms with Gasteiger partial charge in [0.2, 0.25) is 0 Å². The van der Waals surface area contributed by atoms with Crippen LogP contribution in [0.4, 0.5) is 5.69 Å². The number of furan rings is 1. The highest BCUT2D eigenvalue weighted by Gasteiger charge is 2.05. The van der Waals surface area contributed by atoms with E-state index in [4.69, 9.17) is 14.9 Å². The quantitative estimate of drug-likeness (QED) is 0.782. The van der Waals surface area contributed by atoms with Crippen molar-refractivity contribution in [1.29, 1.82) is 0 Å². The average Bonchev–Trinajstić information content (AvgIpc) is 2.98. The normalized spacial score (nSPS) is 11.9. The van der Waals surface area contributed by atoms with Gasteiger partial charge in [-0.1, -0.05) is 0 Å². The van der Waals surface area contributed by atoms with Crippen molar-refractivity contribution in [2.75, 3.05) is 11.9 Å². The summed E-state index contributed by atoms with van der Waals surface area (Å²) in [5.74, 6) is 1.14. The first-order chi connectivity index (χ1) is 10.1. The SMILES string of the molecule is CC(CCc1ccco1)Nc1ccc(OCC(N)=O)cc1. The van der Waals surface area contributed by atoms with Gasteiger partial charge in [-0.05, 0) is 49.7 Å². The Hall–Kier alpha value is -2.43. The van der Waals surface area contributed by atoms with E-state index in [1.807, 2.05) is 36.4 Å². The van der Waals surface area contributed by atoms with Gasteiger partial charge in [0.05, 0.1) is 6.26 Å². The molecule has 3 N–H and O–H groups in total. The maximum absolute atomic E-state index is 10.6. The van der Waals surface area contributed by atoms with Crippen LogP contribution in [0.1, 0.15) is 19.1 Å². The minimum absolute atomic E-state index is 0.105. The molecule has 0 aliphatic rings. The first kappa shape index (κ1) is 15.0. The maximum atomic E-state index is 10.6. The van der Waals surface area contributed by atoms with Crippen LogP contribution in [0.3, 0.4) is 0 Å². The van der Waals surface area contributed by atoms with Gasteiger partial charge in [0.1, 0.15) is 11.5 Å². The molecule has 0 radical (unpaired) electrons. The van der Waals surface area contributed by atoms with Gasteiger partial charge in [0.25, 0.3) is 5.91 Å². The van der Waals surface area contributed by atoms with E-state index in [0.717, 1.165) is 24.3 Å². The van der Waals surface area contributed by atoms with Gasteiger partial charge in [-0.25, -0.2) is 0 Å². The van der Waals surface area contributed by atoms with Crippen molar-refractivity contribution in [2.45, 2.75) is 25.8 Å². The van der Waals surface area contributed by atoms with Gasteiger partial charge in [0, 0.05) is 18.2 Å². The second-order valence-corrected chi connectivity index (χ2v) is 4.94. The molecule has 0 aliphatic heterocycles. The van der Waals surface area contributed by atoms with Gasteiger partial charge in [-0.15, -0.1) is 0 Å². The lowest BCUT2D eigenvalue weighted by Gasteiger charge is -2.15. The van der Waals surface area contributed by atoms with Crippen molar-refractivity contribution in [3.05, 3.63) is 48.4 Å². The molecule has 0 saturated heterocycles. The molecule has 1 heterocycles. The summed E-state index contributed by atoms with van der Waals surface area (Å²) in [7, 11) is 0. The molecule has 21 heavy (non-hydrogen) atoms. The topological polar surface area (TPSA) is 77.5 Å². The standard InChI is InChI=1S/C16H20N2O3/c1-12(4-7-14-3-2-10-20-14)18-13-5-8-15(9-6-13)21-11-16(17)19/h2-3,5-6,8-10,12,18H,4,7,11H2,1H3,(H2,17,19). The fourth-order valence-electron chi connectivity index (χ4n) is 1.97. The summed E-state index contributed by atoms with van der Waals surface area (Å²) in [5.41, 5.74) is 6.03. The van der Waals surface area contributed by atoms with Crippen LogP contribution in [-0.4, -0.2) is 18.6 Å². The van der Waals surface area contributed by atoms with Crippen molar-refractivity contribution in [3.63, 3.8) is 0 Å². The molecule has 1 unspecified atom stereocenters. The van der Waals surface area contributed by atoms with Crippen LogP contribution in [-0.2, 0) is 11.2 Å². The van der Waals surface area contributed by atoms with Gasteiger partial charge in [0.15, 0.2) is 6.61 Å². The lowest BCUT2D eigenvalue weighted by molar-refractivity contribution is -0.119. The third kappa shape index (κ3) is 5.22. The molecule has 1 aromatic carbocycles. The predicted octanol–water partition coefficient (Wildman–Crippen LogP) is 2.58. The molecule has 1 atom stereocenters. The van der Waals surface area contributed by atoms with Crippen molar-refractivity contribution in [2.24, 2.45) is 5.73 Å².